The van der Waals surface area contributed by atoms with Gasteiger partial charge in [0.15, 0.2) is 5.84 Å². The molecule has 0 aliphatic carbocycles. The van der Waals surface area contributed by atoms with Crippen molar-refractivity contribution in [1.82, 2.24) is 5.32 Å². The number of nitrogens with one attached hydrogen (secondary N) is 1. The molecule has 0 amide bonds. The Bertz CT molecular complexity index is 835. The summed E-state index contributed by atoms with van der Waals surface area (Å²) >= 11 is 6.16. The molecule has 0 spiro atoms. The predicted molar refractivity (Wildman–Crippen MR) is 87.8 cm³/mol. The van der Waals surface area contributed by atoms with Crippen molar-refractivity contribution >= 4 is 23.1 Å². The Hall–Kier alpha value is -2.32. The van der Waals surface area contributed by atoms with Gasteiger partial charge in [-0.2, -0.15) is 18.3 Å². The molecule has 1 aliphatic rings. The van der Waals surface area contributed by atoms with Crippen LogP contribution in [0.1, 0.15) is 16.7 Å². The fourth-order valence-corrected chi connectivity index (χ4v) is 2.62. The van der Waals surface area contributed by atoms with Gasteiger partial charge in [-0.25, -0.2) is 9.40 Å². The van der Waals surface area contributed by atoms with Gasteiger partial charge in [0.1, 0.15) is 12.5 Å². The number of hydrogen-bond donors (Lipinski definition) is 2. The second-order valence-corrected chi connectivity index (χ2v) is 5.77. The van der Waals surface area contributed by atoms with Crippen LogP contribution >= 0.6 is 11.6 Å². The summed E-state index contributed by atoms with van der Waals surface area (Å²) in [6.45, 7) is 0.495. The van der Waals surface area contributed by atoms with Crippen LogP contribution < -0.4 is 16.1 Å². The average molecular weight is 373 g/mol. The summed E-state index contributed by atoms with van der Waals surface area (Å²) in [5.74, 6) is -0.919. The number of anilines is 1. The van der Waals surface area contributed by atoms with Crippen LogP contribution in [0.3, 0.4) is 0 Å². The lowest BCUT2D eigenvalue weighted by atomic mass is 10.1. The second-order valence-electron chi connectivity index (χ2n) is 5.36. The summed E-state index contributed by atoms with van der Waals surface area (Å²) in [6.07, 6.45) is -4.74. The lowest BCUT2D eigenvalue weighted by Crippen LogP contribution is -2.24. The first-order chi connectivity index (χ1) is 11.8. The number of alkyl halides is 3. The van der Waals surface area contributed by atoms with Crippen LogP contribution in [-0.4, -0.2) is 12.5 Å². The van der Waals surface area contributed by atoms with Crippen molar-refractivity contribution in [2.45, 2.75) is 12.7 Å². The molecule has 0 fully saturated rings. The molecule has 4 nitrogen and oxygen atoms in total. The van der Waals surface area contributed by atoms with Gasteiger partial charge in [-0.15, -0.1) is 0 Å². The van der Waals surface area contributed by atoms with Crippen molar-refractivity contribution < 1.29 is 17.6 Å². The molecule has 0 atom stereocenters. The minimum absolute atomic E-state index is 0.170. The zero-order valence-corrected chi connectivity index (χ0v) is 13.5. The summed E-state index contributed by atoms with van der Waals surface area (Å²) in [4.78, 5) is 0. The molecule has 132 valence electrons. The van der Waals surface area contributed by atoms with E-state index in [2.05, 4.69) is 10.4 Å². The SMILES string of the molecule is NCc1ccc(Cl)c(C2=NN(c3ccc(C(F)(F)F)c(F)c3)CN2)c1. The third-order valence-electron chi connectivity index (χ3n) is 3.69. The van der Waals surface area contributed by atoms with Gasteiger partial charge in [0.2, 0.25) is 0 Å². The third-order valence-corrected chi connectivity index (χ3v) is 4.02. The molecule has 0 saturated heterocycles. The van der Waals surface area contributed by atoms with Crippen LogP contribution in [-0.2, 0) is 12.7 Å². The highest BCUT2D eigenvalue weighted by Gasteiger charge is 2.34. The number of rotatable bonds is 3. The Balaban J connectivity index is 1.91. The van der Waals surface area contributed by atoms with Gasteiger partial charge < -0.3 is 11.1 Å². The molecule has 0 bridgehead atoms. The maximum absolute atomic E-state index is 13.7. The number of hydrogen-bond acceptors (Lipinski definition) is 4. The van der Waals surface area contributed by atoms with Gasteiger partial charge in [-0.05, 0) is 35.9 Å². The van der Waals surface area contributed by atoms with Gasteiger partial charge >= 0.3 is 6.18 Å². The van der Waals surface area contributed by atoms with Crippen LogP contribution in [0.2, 0.25) is 5.02 Å². The van der Waals surface area contributed by atoms with Crippen LogP contribution in [0, 0.1) is 5.82 Å². The molecule has 3 N–H and O–H groups in total. The van der Waals surface area contributed by atoms with Gasteiger partial charge in [-0.3, -0.25) is 0 Å². The smallest absolute Gasteiger partial charge is 0.349 e. The number of nitrogens with two attached hydrogens (primary N) is 1. The highest BCUT2D eigenvalue weighted by Crippen LogP contribution is 2.33. The fourth-order valence-electron chi connectivity index (χ4n) is 2.41. The van der Waals surface area contributed by atoms with Crippen molar-refractivity contribution in [3.63, 3.8) is 0 Å². The Morgan fingerprint density at radius 3 is 2.60 bits per heavy atom. The minimum Gasteiger partial charge on any atom is -0.349 e. The molecule has 0 radical (unpaired) electrons. The first kappa shape index (κ1) is 17.5. The first-order valence-corrected chi connectivity index (χ1v) is 7.63. The van der Waals surface area contributed by atoms with Crippen molar-refractivity contribution in [3.8, 4) is 0 Å². The Morgan fingerprint density at radius 1 is 1.20 bits per heavy atom. The van der Waals surface area contributed by atoms with Crippen LogP contribution in [0.25, 0.3) is 0 Å². The Kier molecular flexibility index (Phi) is 4.57. The number of benzene rings is 2. The van der Waals surface area contributed by atoms with E-state index in [0.717, 1.165) is 17.7 Å². The molecule has 2 aromatic carbocycles. The van der Waals surface area contributed by atoms with E-state index < -0.39 is 17.6 Å². The first-order valence-electron chi connectivity index (χ1n) is 7.25. The van der Waals surface area contributed by atoms with Crippen LogP contribution in [0.4, 0.5) is 23.2 Å². The van der Waals surface area contributed by atoms with Gasteiger partial charge in [0.05, 0.1) is 16.3 Å². The van der Waals surface area contributed by atoms with Crippen LogP contribution in [0.5, 0.6) is 0 Å². The van der Waals surface area contributed by atoms with Gasteiger partial charge in [-0.1, -0.05) is 17.7 Å². The van der Waals surface area contributed by atoms with E-state index in [1.54, 1.807) is 18.2 Å². The summed E-state index contributed by atoms with van der Waals surface area (Å²) < 4.78 is 51.6. The summed E-state index contributed by atoms with van der Waals surface area (Å²) in [5, 5.41) is 9.05. The van der Waals surface area contributed by atoms with Gasteiger partial charge in [0.25, 0.3) is 0 Å². The molecular weight excluding hydrogens is 360 g/mol. The van der Waals surface area contributed by atoms with Crippen molar-refractivity contribution in [2.75, 3.05) is 11.7 Å². The van der Waals surface area contributed by atoms with Crippen molar-refractivity contribution in [2.24, 2.45) is 10.8 Å². The van der Waals surface area contributed by atoms with E-state index in [0.29, 0.717) is 29.0 Å². The van der Waals surface area contributed by atoms with Crippen molar-refractivity contribution in [3.05, 3.63) is 63.9 Å². The molecular formula is C16H13ClF4N4. The zero-order chi connectivity index (χ0) is 18.2. The number of amidine groups is 1. The van der Waals surface area contributed by atoms with Crippen molar-refractivity contribution in [1.29, 1.82) is 0 Å². The quantitative estimate of drug-likeness (QED) is 0.808. The second kappa shape index (κ2) is 6.53. The van der Waals surface area contributed by atoms with E-state index in [1.165, 1.54) is 5.01 Å². The lowest BCUT2D eigenvalue weighted by molar-refractivity contribution is -0.139. The summed E-state index contributed by atoms with van der Waals surface area (Å²) in [7, 11) is 0. The zero-order valence-electron chi connectivity index (χ0n) is 12.7. The lowest BCUT2D eigenvalue weighted by Gasteiger charge is -2.14. The number of halogens is 5. The number of nitrogens with zero attached hydrogens (tertiary/aromatic N) is 2. The molecule has 1 heterocycles. The Labute approximate surface area is 145 Å². The summed E-state index contributed by atoms with van der Waals surface area (Å²) in [5.41, 5.74) is 5.94. The number of hydrazone groups is 1. The maximum Gasteiger partial charge on any atom is 0.419 e. The van der Waals surface area contributed by atoms with E-state index in [4.69, 9.17) is 17.3 Å². The molecule has 25 heavy (non-hydrogen) atoms. The van der Waals surface area contributed by atoms with Gasteiger partial charge in [0, 0.05) is 12.1 Å². The monoisotopic (exact) mass is 372 g/mol. The minimum atomic E-state index is -4.74. The third kappa shape index (κ3) is 3.54. The molecule has 0 unspecified atom stereocenters. The largest absolute Gasteiger partial charge is 0.419 e. The highest BCUT2D eigenvalue weighted by molar-refractivity contribution is 6.34. The standard InChI is InChI=1S/C16H13ClF4N4/c17-13-4-1-9(7-22)5-11(13)15-23-8-25(24-15)10-2-3-12(14(18)6-10)16(19,20)21/h1-6H,7-8,22H2,(H,23,24). The Morgan fingerprint density at radius 2 is 1.96 bits per heavy atom. The predicted octanol–water partition coefficient (Wildman–Crippen LogP) is 3.69. The molecule has 2 aromatic rings. The fraction of sp³-hybridized carbons (Fsp3) is 0.188. The van der Waals surface area contributed by atoms with E-state index >= 15 is 0 Å². The molecule has 1 aliphatic heterocycles. The van der Waals surface area contributed by atoms with E-state index in [1.807, 2.05) is 0 Å². The molecule has 0 aromatic heterocycles. The average Bonchev–Trinajstić information content (AvgIpc) is 3.04. The topological polar surface area (TPSA) is 53.6 Å². The van der Waals surface area contributed by atoms with E-state index in [-0.39, 0.29) is 12.4 Å². The maximum atomic E-state index is 13.7. The molecule has 9 heteroatoms. The normalized spacial score (nSPS) is 14.5. The highest BCUT2D eigenvalue weighted by atomic mass is 35.5. The molecule has 0 saturated carbocycles. The summed E-state index contributed by atoms with van der Waals surface area (Å²) in [6, 6.07) is 7.89. The van der Waals surface area contributed by atoms with E-state index in [9.17, 15) is 17.6 Å². The van der Waals surface area contributed by atoms with Crippen LogP contribution in [0.15, 0.2) is 41.5 Å². The molecule has 3 rings (SSSR count).